The van der Waals surface area contributed by atoms with Gasteiger partial charge in [-0.05, 0) is 25.0 Å². The van der Waals surface area contributed by atoms with Crippen LogP contribution in [-0.2, 0) is 0 Å². The molecule has 0 radical (unpaired) electrons. The lowest BCUT2D eigenvalue weighted by Gasteiger charge is -2.30. The van der Waals surface area contributed by atoms with Gasteiger partial charge in [-0.1, -0.05) is 37.0 Å². The quantitative estimate of drug-likeness (QED) is 0.818. The summed E-state index contributed by atoms with van der Waals surface area (Å²) in [5.41, 5.74) is 0.306. The highest BCUT2D eigenvalue weighted by Gasteiger charge is 2.25. The molecule has 0 aliphatic rings. The fourth-order valence-electron chi connectivity index (χ4n) is 1.77. The molecular weight excluding hydrogens is 276 g/mol. The largest absolute Gasteiger partial charge is 0.396 e. The number of aliphatic hydroxyl groups excluding tert-OH is 1. The molecule has 1 aromatic rings. The van der Waals surface area contributed by atoms with Crippen molar-refractivity contribution >= 4 is 28.9 Å². The first-order chi connectivity index (χ1) is 8.48. The maximum Gasteiger partial charge on any atom is 0.126 e. The molecule has 0 saturated heterocycles. The third-order valence-corrected chi connectivity index (χ3v) is 4.08. The summed E-state index contributed by atoms with van der Waals surface area (Å²) in [6, 6.07) is 2.43. The van der Waals surface area contributed by atoms with Crippen molar-refractivity contribution in [3.05, 3.63) is 28.0 Å². The van der Waals surface area contributed by atoms with Crippen LogP contribution < -0.4 is 5.32 Å². The van der Waals surface area contributed by atoms with Gasteiger partial charge in [0, 0.05) is 12.0 Å². The molecule has 2 N–H and O–H groups in total. The molecule has 1 aromatic carbocycles. The number of rotatable bonds is 6. The van der Waals surface area contributed by atoms with Crippen LogP contribution in [0.1, 0.15) is 26.7 Å². The second kappa shape index (κ2) is 6.60. The Labute approximate surface area is 117 Å². The first-order valence-electron chi connectivity index (χ1n) is 5.97. The number of benzene rings is 1. The zero-order valence-corrected chi connectivity index (χ0v) is 12.1. The van der Waals surface area contributed by atoms with E-state index >= 15 is 0 Å². The van der Waals surface area contributed by atoms with Gasteiger partial charge in [-0.3, -0.25) is 0 Å². The molecule has 102 valence electrons. The zero-order chi connectivity index (χ0) is 13.8. The first-order valence-corrected chi connectivity index (χ1v) is 6.73. The van der Waals surface area contributed by atoms with Crippen molar-refractivity contribution in [1.29, 1.82) is 0 Å². The summed E-state index contributed by atoms with van der Waals surface area (Å²) in [5.74, 6) is -0.463. The number of hydrogen-bond acceptors (Lipinski definition) is 2. The first kappa shape index (κ1) is 15.5. The van der Waals surface area contributed by atoms with Gasteiger partial charge < -0.3 is 10.4 Å². The van der Waals surface area contributed by atoms with Gasteiger partial charge >= 0.3 is 0 Å². The minimum Gasteiger partial charge on any atom is -0.396 e. The predicted molar refractivity (Wildman–Crippen MR) is 75.0 cm³/mol. The Morgan fingerprint density at radius 3 is 2.11 bits per heavy atom. The van der Waals surface area contributed by atoms with Gasteiger partial charge in [0.05, 0.1) is 22.3 Å². The Morgan fingerprint density at radius 1 is 1.22 bits per heavy atom. The Hall–Kier alpha value is -0.510. The van der Waals surface area contributed by atoms with Crippen LogP contribution in [0.3, 0.4) is 0 Å². The molecule has 0 aromatic heterocycles. The monoisotopic (exact) mass is 293 g/mol. The van der Waals surface area contributed by atoms with Crippen molar-refractivity contribution in [2.75, 3.05) is 18.5 Å². The third-order valence-electron chi connectivity index (χ3n) is 3.48. The van der Waals surface area contributed by atoms with E-state index in [4.69, 9.17) is 23.2 Å². The van der Waals surface area contributed by atoms with Gasteiger partial charge in [-0.15, -0.1) is 0 Å². The van der Waals surface area contributed by atoms with Gasteiger partial charge in [0.2, 0.25) is 0 Å². The molecule has 0 aliphatic carbocycles. The van der Waals surface area contributed by atoms with Crippen LogP contribution in [-0.4, -0.2) is 18.3 Å². The fraction of sp³-hybridized carbons (Fsp3) is 0.538. The molecule has 0 bridgehead atoms. The van der Waals surface area contributed by atoms with Crippen LogP contribution in [0.25, 0.3) is 0 Å². The van der Waals surface area contributed by atoms with Gasteiger partial charge in [0.25, 0.3) is 0 Å². The van der Waals surface area contributed by atoms with E-state index in [2.05, 4.69) is 5.32 Å². The van der Waals surface area contributed by atoms with Crippen molar-refractivity contribution in [3.63, 3.8) is 0 Å². The normalized spacial score (nSPS) is 11.7. The maximum atomic E-state index is 13.0. The molecule has 0 spiro atoms. The van der Waals surface area contributed by atoms with E-state index < -0.39 is 5.82 Å². The van der Waals surface area contributed by atoms with Crippen LogP contribution in [0, 0.1) is 11.2 Å². The summed E-state index contributed by atoms with van der Waals surface area (Å²) in [5, 5.41) is 13.1. The number of hydrogen-bond donors (Lipinski definition) is 2. The van der Waals surface area contributed by atoms with Crippen LogP contribution in [0.5, 0.6) is 0 Å². The van der Waals surface area contributed by atoms with Crippen molar-refractivity contribution in [3.8, 4) is 0 Å². The molecule has 0 heterocycles. The predicted octanol–water partition coefficient (Wildman–Crippen LogP) is 4.34. The topological polar surface area (TPSA) is 32.3 Å². The van der Waals surface area contributed by atoms with Gasteiger partial charge in [-0.2, -0.15) is 0 Å². The zero-order valence-electron chi connectivity index (χ0n) is 10.6. The van der Waals surface area contributed by atoms with Gasteiger partial charge in [0.15, 0.2) is 0 Å². The molecule has 18 heavy (non-hydrogen) atoms. The second-order valence-corrected chi connectivity index (χ2v) is 5.28. The lowest BCUT2D eigenvalue weighted by molar-refractivity contribution is 0.127. The summed E-state index contributed by atoms with van der Waals surface area (Å²) in [4.78, 5) is 0. The molecule has 5 heteroatoms. The standard InChI is InChI=1S/C13H18Cl2FNO/c1-3-13(4-2,8-18)7-17-12-10(14)5-9(16)6-11(12)15/h5-6,17-18H,3-4,7-8H2,1-2H3. The lowest BCUT2D eigenvalue weighted by atomic mass is 9.83. The van der Waals surface area contributed by atoms with Crippen LogP contribution in [0.2, 0.25) is 10.0 Å². The van der Waals surface area contributed by atoms with E-state index in [1.54, 1.807) is 0 Å². The van der Waals surface area contributed by atoms with Crippen molar-refractivity contribution in [2.45, 2.75) is 26.7 Å². The van der Waals surface area contributed by atoms with Crippen LogP contribution in [0.4, 0.5) is 10.1 Å². The summed E-state index contributed by atoms with van der Waals surface area (Å²) in [6.07, 6.45) is 1.67. The molecule has 0 unspecified atom stereocenters. The van der Waals surface area contributed by atoms with Crippen molar-refractivity contribution < 1.29 is 9.50 Å². The summed E-state index contributed by atoms with van der Waals surface area (Å²) < 4.78 is 13.0. The van der Waals surface area contributed by atoms with Crippen LogP contribution >= 0.6 is 23.2 Å². The average Bonchev–Trinajstić information content (AvgIpc) is 2.33. The molecule has 0 fully saturated rings. The Kier molecular flexibility index (Phi) is 5.70. The molecule has 0 aliphatic heterocycles. The molecular formula is C13H18Cl2FNO. The highest BCUT2D eigenvalue weighted by molar-refractivity contribution is 6.39. The summed E-state index contributed by atoms with van der Waals surface area (Å²) in [7, 11) is 0. The van der Waals surface area contributed by atoms with Crippen molar-refractivity contribution in [2.24, 2.45) is 5.41 Å². The number of nitrogens with one attached hydrogen (secondary N) is 1. The number of halogens is 3. The van der Waals surface area contributed by atoms with Gasteiger partial charge in [0.1, 0.15) is 5.82 Å². The maximum absolute atomic E-state index is 13.0. The van der Waals surface area contributed by atoms with Crippen LogP contribution in [0.15, 0.2) is 12.1 Å². The Bertz CT molecular complexity index is 377. The Morgan fingerprint density at radius 2 is 1.72 bits per heavy atom. The smallest absolute Gasteiger partial charge is 0.126 e. The SMILES string of the molecule is CCC(CC)(CO)CNc1c(Cl)cc(F)cc1Cl. The Balaban J connectivity index is 2.86. The molecule has 2 nitrogen and oxygen atoms in total. The molecule has 0 saturated carbocycles. The molecule has 1 rings (SSSR count). The second-order valence-electron chi connectivity index (χ2n) is 4.46. The minimum absolute atomic E-state index is 0.0867. The van der Waals surface area contributed by atoms with E-state index in [1.807, 2.05) is 13.8 Å². The van der Waals surface area contributed by atoms with E-state index in [-0.39, 0.29) is 22.1 Å². The third kappa shape index (κ3) is 3.50. The number of anilines is 1. The van der Waals surface area contributed by atoms with E-state index in [0.29, 0.717) is 12.2 Å². The highest BCUT2D eigenvalue weighted by atomic mass is 35.5. The summed E-state index contributed by atoms with van der Waals surface area (Å²) in [6.45, 7) is 4.68. The minimum atomic E-state index is -0.463. The molecule has 0 atom stereocenters. The summed E-state index contributed by atoms with van der Waals surface area (Å²) >= 11 is 11.9. The van der Waals surface area contributed by atoms with Crippen molar-refractivity contribution in [1.82, 2.24) is 0 Å². The fourth-order valence-corrected chi connectivity index (χ4v) is 2.36. The van der Waals surface area contributed by atoms with E-state index in [1.165, 1.54) is 12.1 Å². The van der Waals surface area contributed by atoms with Gasteiger partial charge in [-0.25, -0.2) is 4.39 Å². The molecule has 0 amide bonds. The van der Waals surface area contributed by atoms with E-state index in [9.17, 15) is 9.50 Å². The lowest BCUT2D eigenvalue weighted by Crippen LogP contribution is -2.32. The van der Waals surface area contributed by atoms with E-state index in [0.717, 1.165) is 12.8 Å². The number of aliphatic hydroxyl groups is 1. The average molecular weight is 294 g/mol. The highest BCUT2D eigenvalue weighted by Crippen LogP contribution is 2.33.